The van der Waals surface area contributed by atoms with Crippen molar-refractivity contribution >= 4 is 27.3 Å². The summed E-state index contributed by atoms with van der Waals surface area (Å²) in [4.78, 5) is 28.5. The molecule has 2 aromatic carbocycles. The van der Waals surface area contributed by atoms with Gasteiger partial charge in [0.2, 0.25) is 5.91 Å². The number of benzene rings is 2. The second-order valence-electron chi connectivity index (χ2n) is 11.4. The zero-order valence-corrected chi connectivity index (χ0v) is 24.0. The largest absolute Gasteiger partial charge is 0.380 e. The van der Waals surface area contributed by atoms with Crippen LogP contribution in [0.2, 0.25) is 0 Å². The summed E-state index contributed by atoms with van der Waals surface area (Å²) >= 11 is 0. The number of halogens is 1. The van der Waals surface area contributed by atoms with Crippen molar-refractivity contribution in [1.29, 1.82) is 0 Å². The van der Waals surface area contributed by atoms with E-state index in [2.05, 4.69) is 31.4 Å². The third-order valence-corrected chi connectivity index (χ3v) is 8.17. The van der Waals surface area contributed by atoms with Crippen LogP contribution in [0.1, 0.15) is 63.4 Å². The standard InChI is InChI=1S/C29H40FN3O4S/c1-19(2)17-21-7-12-25(30)24(18-21)27(34)31-26(20(3)4)28(35)33-15-13-29(5,14-16-33)32-22-8-10-23(11-9-22)38(6,36)37/h7-12,18-20,26,32H,13-17H2,1-6H3,(H,31,34)/t26-/m1/s1. The minimum Gasteiger partial charge on any atom is -0.380 e. The van der Waals surface area contributed by atoms with Crippen LogP contribution in [-0.2, 0) is 21.1 Å². The average molecular weight is 546 g/mol. The molecule has 1 saturated heterocycles. The number of likely N-dealkylation sites (tertiary alicyclic amines) is 1. The van der Waals surface area contributed by atoms with Gasteiger partial charge in [-0.15, -0.1) is 0 Å². The zero-order chi connectivity index (χ0) is 28.3. The van der Waals surface area contributed by atoms with Crippen molar-refractivity contribution in [3.8, 4) is 0 Å². The van der Waals surface area contributed by atoms with Gasteiger partial charge in [0.25, 0.3) is 5.91 Å². The van der Waals surface area contributed by atoms with E-state index in [4.69, 9.17) is 0 Å². The fourth-order valence-electron chi connectivity index (χ4n) is 4.75. The Morgan fingerprint density at radius 1 is 1.03 bits per heavy atom. The maximum absolute atomic E-state index is 14.5. The van der Waals surface area contributed by atoms with E-state index in [1.54, 1.807) is 41.3 Å². The van der Waals surface area contributed by atoms with Crippen LogP contribution in [0.5, 0.6) is 0 Å². The number of carbonyl (C=O) groups is 2. The number of sulfone groups is 1. The quantitative estimate of drug-likeness (QED) is 0.477. The van der Waals surface area contributed by atoms with Gasteiger partial charge in [-0.05, 0) is 80.0 Å². The number of rotatable bonds is 9. The van der Waals surface area contributed by atoms with E-state index < -0.39 is 27.6 Å². The molecule has 1 atom stereocenters. The average Bonchev–Trinajstić information content (AvgIpc) is 2.82. The van der Waals surface area contributed by atoms with Crippen molar-refractivity contribution in [2.45, 2.75) is 70.4 Å². The fraction of sp³-hybridized carbons (Fsp3) is 0.517. The number of nitrogens with zero attached hydrogens (tertiary/aromatic N) is 1. The monoisotopic (exact) mass is 545 g/mol. The number of nitrogens with one attached hydrogen (secondary N) is 2. The van der Waals surface area contributed by atoms with Crippen LogP contribution < -0.4 is 10.6 Å². The molecule has 0 saturated carbocycles. The summed E-state index contributed by atoms with van der Waals surface area (Å²) in [6.45, 7) is 10.9. The lowest BCUT2D eigenvalue weighted by Gasteiger charge is -2.42. The summed E-state index contributed by atoms with van der Waals surface area (Å²) in [7, 11) is -3.26. The highest BCUT2D eigenvalue weighted by molar-refractivity contribution is 7.90. The molecule has 2 aromatic rings. The van der Waals surface area contributed by atoms with Crippen molar-refractivity contribution in [2.24, 2.45) is 11.8 Å². The van der Waals surface area contributed by atoms with Gasteiger partial charge in [-0.1, -0.05) is 33.8 Å². The Bertz CT molecular complexity index is 1250. The summed E-state index contributed by atoms with van der Waals surface area (Å²) in [5, 5.41) is 6.28. The summed E-state index contributed by atoms with van der Waals surface area (Å²) < 4.78 is 37.9. The Balaban J connectivity index is 1.65. The minimum absolute atomic E-state index is 0.0427. The van der Waals surface area contributed by atoms with Gasteiger partial charge in [0.15, 0.2) is 9.84 Å². The molecule has 0 unspecified atom stereocenters. The first kappa shape index (κ1) is 29.6. The lowest BCUT2D eigenvalue weighted by Crippen LogP contribution is -2.56. The van der Waals surface area contributed by atoms with Crippen LogP contribution in [0.25, 0.3) is 0 Å². The molecule has 0 aliphatic carbocycles. The van der Waals surface area contributed by atoms with Gasteiger partial charge in [-0.25, -0.2) is 12.8 Å². The molecule has 1 aliphatic heterocycles. The van der Waals surface area contributed by atoms with Crippen molar-refractivity contribution < 1.29 is 22.4 Å². The molecular weight excluding hydrogens is 505 g/mol. The summed E-state index contributed by atoms with van der Waals surface area (Å²) in [5.74, 6) is -1.16. The lowest BCUT2D eigenvalue weighted by atomic mass is 9.88. The summed E-state index contributed by atoms with van der Waals surface area (Å²) in [6, 6.07) is 10.5. The molecule has 0 bridgehead atoms. The van der Waals surface area contributed by atoms with Crippen molar-refractivity contribution in [3.05, 3.63) is 59.4 Å². The first-order valence-corrected chi connectivity index (χ1v) is 15.0. The highest BCUT2D eigenvalue weighted by Crippen LogP contribution is 2.28. The van der Waals surface area contributed by atoms with Gasteiger partial charge in [0, 0.05) is 30.6 Å². The molecule has 0 aromatic heterocycles. The van der Waals surface area contributed by atoms with Gasteiger partial charge >= 0.3 is 0 Å². The molecule has 9 heteroatoms. The molecule has 1 aliphatic rings. The minimum atomic E-state index is -3.26. The maximum Gasteiger partial charge on any atom is 0.254 e. The Kier molecular flexibility index (Phi) is 9.23. The molecule has 3 rings (SSSR count). The molecule has 1 fully saturated rings. The topological polar surface area (TPSA) is 95.6 Å². The van der Waals surface area contributed by atoms with E-state index in [-0.39, 0.29) is 27.8 Å². The van der Waals surface area contributed by atoms with Crippen LogP contribution >= 0.6 is 0 Å². The molecule has 0 spiro atoms. The SMILES string of the molecule is CC(C)Cc1ccc(F)c(C(=O)N[C@@H](C(=O)N2CCC(C)(Nc3ccc(S(C)(=O)=O)cc3)CC2)C(C)C)c1. The van der Waals surface area contributed by atoms with Crippen LogP contribution in [0.4, 0.5) is 10.1 Å². The Hall–Kier alpha value is -2.94. The highest BCUT2D eigenvalue weighted by Gasteiger charge is 2.36. The van der Waals surface area contributed by atoms with E-state index in [1.807, 2.05) is 13.8 Å². The Morgan fingerprint density at radius 2 is 1.63 bits per heavy atom. The number of anilines is 1. The van der Waals surface area contributed by atoms with Gasteiger partial charge in [-0.3, -0.25) is 9.59 Å². The molecule has 2 N–H and O–H groups in total. The van der Waals surface area contributed by atoms with Gasteiger partial charge in [-0.2, -0.15) is 0 Å². The number of carbonyl (C=O) groups excluding carboxylic acids is 2. The van der Waals surface area contributed by atoms with Crippen LogP contribution in [-0.4, -0.2) is 56.1 Å². The van der Waals surface area contributed by atoms with Gasteiger partial charge in [0.1, 0.15) is 11.9 Å². The normalized spacial score (nSPS) is 16.4. The molecule has 0 radical (unpaired) electrons. The molecule has 2 amide bonds. The van der Waals surface area contributed by atoms with Crippen LogP contribution in [0, 0.1) is 17.7 Å². The second kappa shape index (κ2) is 11.8. The second-order valence-corrected chi connectivity index (χ2v) is 13.4. The predicted molar refractivity (Wildman–Crippen MR) is 148 cm³/mol. The maximum atomic E-state index is 14.5. The predicted octanol–water partition coefficient (Wildman–Crippen LogP) is 4.68. The van der Waals surface area contributed by atoms with Crippen LogP contribution in [0.3, 0.4) is 0 Å². The fourth-order valence-corrected chi connectivity index (χ4v) is 5.38. The molecule has 1 heterocycles. The van der Waals surface area contributed by atoms with Crippen molar-refractivity contribution in [3.63, 3.8) is 0 Å². The van der Waals surface area contributed by atoms with E-state index in [9.17, 15) is 22.4 Å². The van der Waals surface area contributed by atoms with E-state index in [0.29, 0.717) is 31.8 Å². The summed E-state index contributed by atoms with van der Waals surface area (Å²) in [6.07, 6.45) is 3.26. The first-order valence-electron chi connectivity index (χ1n) is 13.1. The Labute approximate surface area is 226 Å². The number of hydrogen-bond acceptors (Lipinski definition) is 5. The van der Waals surface area contributed by atoms with Crippen molar-refractivity contribution in [1.82, 2.24) is 10.2 Å². The van der Waals surface area contributed by atoms with E-state index in [1.165, 1.54) is 12.3 Å². The number of hydrogen-bond donors (Lipinski definition) is 2. The zero-order valence-electron chi connectivity index (χ0n) is 23.2. The lowest BCUT2D eigenvalue weighted by molar-refractivity contribution is -0.135. The molecular formula is C29H40FN3O4S. The summed E-state index contributed by atoms with van der Waals surface area (Å²) in [5.41, 5.74) is 1.38. The number of amides is 2. The van der Waals surface area contributed by atoms with Gasteiger partial charge < -0.3 is 15.5 Å². The van der Waals surface area contributed by atoms with E-state index >= 15 is 0 Å². The first-order chi connectivity index (χ1) is 17.7. The van der Waals surface area contributed by atoms with Crippen molar-refractivity contribution in [2.75, 3.05) is 24.7 Å². The van der Waals surface area contributed by atoms with Crippen LogP contribution in [0.15, 0.2) is 47.4 Å². The third-order valence-electron chi connectivity index (χ3n) is 7.05. The number of piperidine rings is 1. The molecule has 38 heavy (non-hydrogen) atoms. The smallest absolute Gasteiger partial charge is 0.254 e. The third kappa shape index (κ3) is 7.56. The Morgan fingerprint density at radius 3 is 2.16 bits per heavy atom. The molecule has 7 nitrogen and oxygen atoms in total. The van der Waals surface area contributed by atoms with E-state index in [0.717, 1.165) is 17.7 Å². The highest BCUT2D eigenvalue weighted by atomic mass is 32.2. The van der Waals surface area contributed by atoms with Gasteiger partial charge in [0.05, 0.1) is 10.5 Å². The molecule has 208 valence electrons.